The third-order valence-electron chi connectivity index (χ3n) is 3.74. The Labute approximate surface area is 105 Å². The Morgan fingerprint density at radius 3 is 3.06 bits per heavy atom. The van der Waals surface area contributed by atoms with E-state index in [1.807, 2.05) is 6.07 Å². The molecule has 1 aromatic carbocycles. The SMILES string of the molecule is CCCCCNC1CCc2cccc(N)c2C1. The number of anilines is 1. The van der Waals surface area contributed by atoms with Crippen molar-refractivity contribution in [2.75, 3.05) is 12.3 Å². The normalized spacial score (nSPS) is 19.0. The molecular formula is C15H24N2. The summed E-state index contributed by atoms with van der Waals surface area (Å²) in [7, 11) is 0. The van der Waals surface area contributed by atoms with Crippen LogP contribution >= 0.6 is 0 Å². The average Bonchev–Trinajstić information content (AvgIpc) is 2.36. The van der Waals surface area contributed by atoms with Gasteiger partial charge in [-0.3, -0.25) is 0 Å². The minimum absolute atomic E-state index is 0.629. The Balaban J connectivity index is 1.87. The van der Waals surface area contributed by atoms with Crippen molar-refractivity contribution < 1.29 is 0 Å². The summed E-state index contributed by atoms with van der Waals surface area (Å²) in [5.41, 5.74) is 9.86. The Morgan fingerprint density at radius 1 is 1.35 bits per heavy atom. The second-order valence-electron chi connectivity index (χ2n) is 5.09. The molecule has 0 aliphatic heterocycles. The molecule has 2 rings (SSSR count). The molecule has 1 atom stereocenters. The van der Waals surface area contributed by atoms with Crippen LogP contribution in [0.2, 0.25) is 0 Å². The smallest absolute Gasteiger partial charge is 0.0349 e. The fourth-order valence-corrected chi connectivity index (χ4v) is 2.67. The fourth-order valence-electron chi connectivity index (χ4n) is 2.67. The number of hydrogen-bond donors (Lipinski definition) is 2. The molecule has 0 amide bonds. The fraction of sp³-hybridized carbons (Fsp3) is 0.600. The quantitative estimate of drug-likeness (QED) is 0.605. The van der Waals surface area contributed by atoms with E-state index >= 15 is 0 Å². The highest BCUT2D eigenvalue weighted by molar-refractivity contribution is 5.52. The van der Waals surface area contributed by atoms with Gasteiger partial charge < -0.3 is 11.1 Å². The first-order chi connectivity index (χ1) is 8.31. The molecule has 0 bridgehead atoms. The van der Waals surface area contributed by atoms with Crippen LogP contribution in [0.25, 0.3) is 0 Å². The molecule has 0 fully saturated rings. The van der Waals surface area contributed by atoms with Crippen molar-refractivity contribution in [3.63, 3.8) is 0 Å². The summed E-state index contributed by atoms with van der Waals surface area (Å²) in [5.74, 6) is 0. The van der Waals surface area contributed by atoms with Gasteiger partial charge in [0.25, 0.3) is 0 Å². The zero-order chi connectivity index (χ0) is 12.1. The molecule has 94 valence electrons. The number of aryl methyl sites for hydroxylation is 1. The lowest BCUT2D eigenvalue weighted by atomic mass is 9.87. The molecule has 0 heterocycles. The lowest BCUT2D eigenvalue weighted by Crippen LogP contribution is -2.35. The van der Waals surface area contributed by atoms with Crippen LogP contribution in [0.15, 0.2) is 18.2 Å². The molecule has 0 radical (unpaired) electrons. The third kappa shape index (κ3) is 3.22. The predicted molar refractivity (Wildman–Crippen MR) is 74.2 cm³/mol. The van der Waals surface area contributed by atoms with Crippen LogP contribution in [0.4, 0.5) is 5.69 Å². The lowest BCUT2D eigenvalue weighted by Gasteiger charge is -2.26. The maximum Gasteiger partial charge on any atom is 0.0349 e. The summed E-state index contributed by atoms with van der Waals surface area (Å²) in [4.78, 5) is 0. The van der Waals surface area contributed by atoms with E-state index in [0.717, 1.165) is 18.7 Å². The second kappa shape index (κ2) is 6.06. The van der Waals surface area contributed by atoms with E-state index in [2.05, 4.69) is 24.4 Å². The minimum atomic E-state index is 0.629. The van der Waals surface area contributed by atoms with Crippen molar-refractivity contribution in [1.29, 1.82) is 0 Å². The molecule has 1 unspecified atom stereocenters. The first-order valence-electron chi connectivity index (χ1n) is 6.91. The van der Waals surface area contributed by atoms with Gasteiger partial charge in [-0.05, 0) is 49.4 Å². The standard InChI is InChI=1S/C15H24N2/c1-2-3-4-10-17-13-9-8-12-6-5-7-15(16)14(12)11-13/h5-7,13,17H,2-4,8-11,16H2,1H3. The van der Waals surface area contributed by atoms with Crippen LogP contribution < -0.4 is 11.1 Å². The number of rotatable bonds is 5. The molecule has 1 aromatic rings. The zero-order valence-electron chi connectivity index (χ0n) is 10.8. The summed E-state index contributed by atoms with van der Waals surface area (Å²) in [5, 5.41) is 3.67. The van der Waals surface area contributed by atoms with Crippen LogP contribution in [0, 0.1) is 0 Å². The second-order valence-corrected chi connectivity index (χ2v) is 5.09. The average molecular weight is 232 g/mol. The molecule has 0 saturated carbocycles. The van der Waals surface area contributed by atoms with Gasteiger partial charge in [0.05, 0.1) is 0 Å². The zero-order valence-corrected chi connectivity index (χ0v) is 10.8. The van der Waals surface area contributed by atoms with Gasteiger partial charge in [0.15, 0.2) is 0 Å². The summed E-state index contributed by atoms with van der Waals surface area (Å²) in [6.45, 7) is 3.40. The summed E-state index contributed by atoms with van der Waals surface area (Å²) < 4.78 is 0. The van der Waals surface area contributed by atoms with Gasteiger partial charge in [0.1, 0.15) is 0 Å². The maximum atomic E-state index is 6.05. The largest absolute Gasteiger partial charge is 0.398 e. The van der Waals surface area contributed by atoms with Gasteiger partial charge in [-0.15, -0.1) is 0 Å². The monoisotopic (exact) mass is 232 g/mol. The number of hydrogen-bond acceptors (Lipinski definition) is 2. The van der Waals surface area contributed by atoms with E-state index in [4.69, 9.17) is 5.73 Å². The molecule has 0 saturated heterocycles. The highest BCUT2D eigenvalue weighted by atomic mass is 14.9. The molecule has 0 aromatic heterocycles. The maximum absolute atomic E-state index is 6.05. The van der Waals surface area contributed by atoms with Crippen molar-refractivity contribution in [3.8, 4) is 0 Å². The molecule has 1 aliphatic rings. The molecule has 3 N–H and O–H groups in total. The predicted octanol–water partition coefficient (Wildman–Crippen LogP) is 2.91. The molecule has 2 heteroatoms. The van der Waals surface area contributed by atoms with E-state index in [1.54, 1.807) is 0 Å². The Kier molecular flexibility index (Phi) is 4.43. The molecule has 2 nitrogen and oxygen atoms in total. The third-order valence-corrected chi connectivity index (χ3v) is 3.74. The molecule has 17 heavy (non-hydrogen) atoms. The first kappa shape index (κ1) is 12.4. The Morgan fingerprint density at radius 2 is 2.24 bits per heavy atom. The molecule has 1 aliphatic carbocycles. The highest BCUT2D eigenvalue weighted by Gasteiger charge is 2.19. The van der Waals surface area contributed by atoms with Crippen molar-refractivity contribution >= 4 is 5.69 Å². The van der Waals surface area contributed by atoms with Gasteiger partial charge in [-0.1, -0.05) is 31.9 Å². The van der Waals surface area contributed by atoms with E-state index in [-0.39, 0.29) is 0 Å². The van der Waals surface area contributed by atoms with Gasteiger partial charge in [-0.2, -0.15) is 0 Å². The van der Waals surface area contributed by atoms with Crippen molar-refractivity contribution in [3.05, 3.63) is 29.3 Å². The van der Waals surface area contributed by atoms with E-state index in [1.165, 1.54) is 43.2 Å². The number of nitrogens with one attached hydrogen (secondary N) is 1. The Bertz CT molecular complexity index is 360. The van der Waals surface area contributed by atoms with Crippen LogP contribution in [0.5, 0.6) is 0 Å². The number of nitrogens with two attached hydrogens (primary N) is 1. The van der Waals surface area contributed by atoms with Gasteiger partial charge in [0.2, 0.25) is 0 Å². The number of fused-ring (bicyclic) bond motifs is 1. The minimum Gasteiger partial charge on any atom is -0.398 e. The van der Waals surface area contributed by atoms with Crippen molar-refractivity contribution in [2.24, 2.45) is 0 Å². The molecule has 0 spiro atoms. The Hall–Kier alpha value is -1.02. The van der Waals surface area contributed by atoms with E-state index in [0.29, 0.717) is 6.04 Å². The van der Waals surface area contributed by atoms with Crippen LogP contribution in [-0.2, 0) is 12.8 Å². The lowest BCUT2D eigenvalue weighted by molar-refractivity contribution is 0.450. The van der Waals surface area contributed by atoms with Crippen LogP contribution in [0.1, 0.15) is 43.7 Å². The van der Waals surface area contributed by atoms with E-state index < -0.39 is 0 Å². The van der Waals surface area contributed by atoms with E-state index in [9.17, 15) is 0 Å². The topological polar surface area (TPSA) is 38.0 Å². The van der Waals surface area contributed by atoms with Crippen molar-refractivity contribution in [2.45, 2.75) is 51.5 Å². The number of unbranched alkanes of at least 4 members (excludes halogenated alkanes) is 2. The summed E-state index contributed by atoms with van der Waals surface area (Å²) in [6, 6.07) is 6.95. The first-order valence-corrected chi connectivity index (χ1v) is 6.91. The van der Waals surface area contributed by atoms with Crippen molar-refractivity contribution in [1.82, 2.24) is 5.32 Å². The summed E-state index contributed by atoms with van der Waals surface area (Å²) >= 11 is 0. The molecular weight excluding hydrogens is 208 g/mol. The highest BCUT2D eigenvalue weighted by Crippen LogP contribution is 2.26. The van der Waals surface area contributed by atoms with Gasteiger partial charge in [0, 0.05) is 11.7 Å². The number of nitrogen functional groups attached to an aromatic ring is 1. The number of benzene rings is 1. The summed E-state index contributed by atoms with van der Waals surface area (Å²) in [6.07, 6.45) is 7.45. The van der Waals surface area contributed by atoms with Gasteiger partial charge in [-0.25, -0.2) is 0 Å². The van der Waals surface area contributed by atoms with Crippen LogP contribution in [-0.4, -0.2) is 12.6 Å². The van der Waals surface area contributed by atoms with Gasteiger partial charge >= 0.3 is 0 Å². The van der Waals surface area contributed by atoms with Crippen LogP contribution in [0.3, 0.4) is 0 Å².